The van der Waals surface area contributed by atoms with Gasteiger partial charge in [-0.2, -0.15) is 0 Å². The largest absolute Gasteiger partial charge is 0.444 e. The van der Waals surface area contributed by atoms with Gasteiger partial charge in [-0.05, 0) is 40.5 Å². The number of ether oxygens (including phenoxy) is 1. The topological polar surface area (TPSA) is 50.4 Å². The molecule has 1 fully saturated rings. The first-order valence-corrected chi connectivity index (χ1v) is 6.53. The van der Waals surface area contributed by atoms with Gasteiger partial charge in [-0.15, -0.1) is 11.8 Å². The molecule has 1 amide bonds. The van der Waals surface area contributed by atoms with Crippen molar-refractivity contribution in [2.24, 2.45) is 0 Å². The van der Waals surface area contributed by atoms with Gasteiger partial charge >= 0.3 is 6.09 Å². The van der Waals surface area contributed by atoms with Crippen LogP contribution in [0.5, 0.6) is 0 Å². The Labute approximate surface area is 110 Å². The third kappa shape index (κ3) is 5.92. The molecule has 0 aromatic carbocycles. The molecule has 0 aliphatic heterocycles. The third-order valence-corrected chi connectivity index (χ3v) is 2.72. The maximum atomic E-state index is 11.5. The molecule has 0 aromatic rings. The lowest BCUT2D eigenvalue weighted by Gasteiger charge is -2.36. The minimum Gasteiger partial charge on any atom is -0.444 e. The van der Waals surface area contributed by atoms with Gasteiger partial charge in [0.15, 0.2) is 0 Å². The van der Waals surface area contributed by atoms with Crippen LogP contribution in [0.15, 0.2) is 0 Å². The van der Waals surface area contributed by atoms with Crippen molar-refractivity contribution in [3.8, 4) is 11.8 Å². The Bertz CT molecular complexity index is 330. The normalized spacial score (nSPS) is 22.4. The van der Waals surface area contributed by atoms with E-state index in [1.165, 1.54) is 0 Å². The predicted octanol–water partition coefficient (Wildman–Crippen LogP) is 2.05. The molecule has 0 bridgehead atoms. The molecule has 1 aliphatic carbocycles. The molecule has 18 heavy (non-hydrogen) atoms. The molecule has 2 N–H and O–H groups in total. The summed E-state index contributed by atoms with van der Waals surface area (Å²) in [5.74, 6) is 5.89. The fourth-order valence-electron chi connectivity index (χ4n) is 1.84. The summed E-state index contributed by atoms with van der Waals surface area (Å²) in [5, 5.41) is 6.29. The van der Waals surface area contributed by atoms with Crippen LogP contribution in [-0.2, 0) is 4.74 Å². The fraction of sp³-hybridized carbons (Fsp3) is 0.786. The predicted molar refractivity (Wildman–Crippen MR) is 72.2 cm³/mol. The van der Waals surface area contributed by atoms with E-state index in [0.29, 0.717) is 6.04 Å². The van der Waals surface area contributed by atoms with Gasteiger partial charge in [0.2, 0.25) is 0 Å². The monoisotopic (exact) mass is 252 g/mol. The van der Waals surface area contributed by atoms with Crippen molar-refractivity contribution in [2.45, 2.75) is 64.6 Å². The zero-order valence-corrected chi connectivity index (χ0v) is 11.8. The van der Waals surface area contributed by atoms with Gasteiger partial charge in [-0.3, -0.25) is 0 Å². The number of carbonyl (C=O) groups excluding carboxylic acids is 1. The fourth-order valence-corrected chi connectivity index (χ4v) is 1.84. The molecule has 0 saturated heterocycles. The highest BCUT2D eigenvalue weighted by molar-refractivity contribution is 5.68. The van der Waals surface area contributed by atoms with Crippen molar-refractivity contribution >= 4 is 6.09 Å². The molecular weight excluding hydrogens is 228 g/mol. The molecule has 0 aromatic heterocycles. The van der Waals surface area contributed by atoms with Crippen molar-refractivity contribution in [1.82, 2.24) is 10.6 Å². The van der Waals surface area contributed by atoms with Crippen LogP contribution in [0.1, 0.15) is 47.0 Å². The molecule has 1 saturated carbocycles. The first kappa shape index (κ1) is 14.8. The van der Waals surface area contributed by atoms with Crippen molar-refractivity contribution in [3.63, 3.8) is 0 Å². The van der Waals surface area contributed by atoms with Crippen LogP contribution in [0, 0.1) is 11.8 Å². The average molecular weight is 252 g/mol. The Morgan fingerprint density at radius 3 is 2.56 bits per heavy atom. The highest BCUT2D eigenvalue weighted by Crippen LogP contribution is 2.20. The second kappa shape index (κ2) is 6.65. The third-order valence-electron chi connectivity index (χ3n) is 2.72. The second-order valence-electron chi connectivity index (χ2n) is 5.64. The number of amides is 1. The van der Waals surface area contributed by atoms with E-state index in [2.05, 4.69) is 22.5 Å². The summed E-state index contributed by atoms with van der Waals surface area (Å²) in [7, 11) is 0. The molecule has 0 spiro atoms. The van der Waals surface area contributed by atoms with Crippen molar-refractivity contribution < 1.29 is 9.53 Å². The maximum absolute atomic E-state index is 11.5. The van der Waals surface area contributed by atoms with Crippen molar-refractivity contribution in [3.05, 3.63) is 0 Å². The lowest BCUT2D eigenvalue weighted by atomic mass is 9.87. The summed E-state index contributed by atoms with van der Waals surface area (Å²) < 4.78 is 5.20. The Kier molecular flexibility index (Phi) is 5.49. The summed E-state index contributed by atoms with van der Waals surface area (Å²) in [5.41, 5.74) is -0.426. The highest BCUT2D eigenvalue weighted by atomic mass is 16.6. The van der Waals surface area contributed by atoms with Crippen LogP contribution in [0.4, 0.5) is 4.79 Å². The van der Waals surface area contributed by atoms with Crippen LogP contribution >= 0.6 is 0 Å². The lowest BCUT2D eigenvalue weighted by Crippen LogP contribution is -2.53. The number of alkyl carbamates (subject to hydrolysis) is 1. The molecule has 1 rings (SSSR count). The van der Waals surface area contributed by atoms with Crippen LogP contribution in [0.2, 0.25) is 0 Å². The van der Waals surface area contributed by atoms with Gasteiger partial charge < -0.3 is 15.4 Å². The van der Waals surface area contributed by atoms with Gasteiger partial charge in [0, 0.05) is 25.0 Å². The molecule has 0 unspecified atom stereocenters. The number of hydrogen-bond donors (Lipinski definition) is 2. The van der Waals surface area contributed by atoms with E-state index in [0.717, 1.165) is 25.8 Å². The maximum Gasteiger partial charge on any atom is 0.407 e. The second-order valence-corrected chi connectivity index (χ2v) is 5.64. The van der Waals surface area contributed by atoms with E-state index in [1.54, 1.807) is 0 Å². The molecule has 0 heterocycles. The van der Waals surface area contributed by atoms with Crippen LogP contribution in [0.3, 0.4) is 0 Å². The summed E-state index contributed by atoms with van der Waals surface area (Å²) in [6.45, 7) is 8.38. The highest BCUT2D eigenvalue weighted by Gasteiger charge is 2.30. The van der Waals surface area contributed by atoms with E-state index >= 15 is 0 Å². The average Bonchev–Trinajstić information content (AvgIpc) is 2.17. The van der Waals surface area contributed by atoms with Crippen molar-refractivity contribution in [2.75, 3.05) is 6.54 Å². The van der Waals surface area contributed by atoms with Gasteiger partial charge in [-0.25, -0.2) is 4.79 Å². The van der Waals surface area contributed by atoms with Gasteiger partial charge in [-0.1, -0.05) is 0 Å². The SMILES string of the molecule is CC#CCCNC1CC(NC(=O)OC(C)(C)C)C1. The minimum absolute atomic E-state index is 0.245. The molecule has 102 valence electrons. The first-order valence-electron chi connectivity index (χ1n) is 6.53. The zero-order chi connectivity index (χ0) is 13.6. The van der Waals surface area contributed by atoms with Gasteiger partial charge in [0.05, 0.1) is 0 Å². The summed E-state index contributed by atoms with van der Waals surface area (Å²) in [4.78, 5) is 11.5. The summed E-state index contributed by atoms with van der Waals surface area (Å²) >= 11 is 0. The van der Waals surface area contributed by atoms with Crippen LogP contribution < -0.4 is 10.6 Å². The number of hydrogen-bond acceptors (Lipinski definition) is 3. The first-order chi connectivity index (χ1) is 8.40. The van der Waals surface area contributed by atoms with Gasteiger partial charge in [0.1, 0.15) is 5.60 Å². The molecule has 0 radical (unpaired) electrons. The van der Waals surface area contributed by atoms with E-state index in [9.17, 15) is 4.79 Å². The smallest absolute Gasteiger partial charge is 0.407 e. The number of carbonyl (C=O) groups is 1. The van der Waals surface area contributed by atoms with Crippen molar-refractivity contribution in [1.29, 1.82) is 0 Å². The summed E-state index contributed by atoms with van der Waals surface area (Å²) in [6.07, 6.45) is 2.51. The van der Waals surface area contributed by atoms with E-state index < -0.39 is 5.60 Å². The quantitative estimate of drug-likeness (QED) is 0.594. The molecular formula is C14H24N2O2. The minimum atomic E-state index is -0.426. The van der Waals surface area contributed by atoms with Crippen LogP contribution in [-0.4, -0.2) is 30.3 Å². The molecule has 1 aliphatic rings. The van der Waals surface area contributed by atoms with Crippen LogP contribution in [0.25, 0.3) is 0 Å². The van der Waals surface area contributed by atoms with E-state index in [1.807, 2.05) is 27.7 Å². The van der Waals surface area contributed by atoms with E-state index in [-0.39, 0.29) is 12.1 Å². The number of rotatable bonds is 4. The molecule has 0 atom stereocenters. The number of nitrogens with one attached hydrogen (secondary N) is 2. The standard InChI is InChI=1S/C14H24N2O2/c1-5-6-7-8-15-11-9-12(10-11)16-13(17)18-14(2,3)4/h11-12,15H,7-10H2,1-4H3,(H,16,17). The Morgan fingerprint density at radius 2 is 2.00 bits per heavy atom. The zero-order valence-electron chi connectivity index (χ0n) is 11.8. The Hall–Kier alpha value is -1.21. The summed E-state index contributed by atoms with van der Waals surface area (Å²) in [6, 6.07) is 0.748. The lowest BCUT2D eigenvalue weighted by molar-refractivity contribution is 0.0466. The van der Waals surface area contributed by atoms with Gasteiger partial charge in [0.25, 0.3) is 0 Å². The molecule has 4 nitrogen and oxygen atoms in total. The Morgan fingerprint density at radius 1 is 1.33 bits per heavy atom. The Balaban J connectivity index is 2.07. The molecule has 4 heteroatoms. The van der Waals surface area contributed by atoms with E-state index in [4.69, 9.17) is 4.74 Å².